The molecule has 140 valence electrons. The van der Waals surface area contributed by atoms with Crippen LogP contribution in [0.15, 0.2) is 23.1 Å². The molecule has 2 N–H and O–H groups in total. The smallest absolute Gasteiger partial charge is 0.257 e. The lowest BCUT2D eigenvalue weighted by Crippen LogP contribution is -2.53. The molecule has 1 aliphatic heterocycles. The van der Waals surface area contributed by atoms with Crippen LogP contribution in [0.5, 0.6) is 5.75 Å². The number of methoxy groups -OCH3 is 1. The maximum atomic E-state index is 13.0. The van der Waals surface area contributed by atoms with Crippen molar-refractivity contribution in [1.29, 1.82) is 0 Å². The summed E-state index contributed by atoms with van der Waals surface area (Å²) in [5, 5.41) is 0. The third-order valence-electron chi connectivity index (χ3n) is 4.72. The minimum atomic E-state index is -3.71. The zero-order chi connectivity index (χ0) is 19.0. The van der Waals surface area contributed by atoms with Crippen LogP contribution in [0.3, 0.4) is 0 Å². The van der Waals surface area contributed by atoms with Gasteiger partial charge in [0.15, 0.2) is 0 Å². The van der Waals surface area contributed by atoms with E-state index in [2.05, 4.69) is 0 Å². The predicted molar refractivity (Wildman–Crippen MR) is 96.1 cm³/mol. The molecule has 1 aromatic carbocycles. The van der Waals surface area contributed by atoms with Crippen molar-refractivity contribution in [2.75, 3.05) is 34.3 Å². The van der Waals surface area contributed by atoms with Gasteiger partial charge in [0.2, 0.25) is 10.0 Å². The molecule has 0 saturated carbocycles. The third kappa shape index (κ3) is 3.80. The van der Waals surface area contributed by atoms with Gasteiger partial charge >= 0.3 is 0 Å². The maximum absolute atomic E-state index is 13.0. The minimum Gasteiger partial charge on any atom is -0.496 e. The molecule has 0 bridgehead atoms. The number of benzene rings is 1. The normalized spacial score (nSPS) is 21.0. The van der Waals surface area contributed by atoms with Crippen LogP contribution in [0.25, 0.3) is 0 Å². The highest BCUT2D eigenvalue weighted by atomic mass is 32.2. The molecule has 25 heavy (non-hydrogen) atoms. The number of ether oxygens (including phenoxy) is 1. The summed E-state index contributed by atoms with van der Waals surface area (Å²) in [4.78, 5) is 13.8. The molecular weight excluding hydrogens is 342 g/mol. The van der Waals surface area contributed by atoms with Gasteiger partial charge < -0.3 is 15.4 Å². The van der Waals surface area contributed by atoms with Crippen molar-refractivity contribution in [3.63, 3.8) is 0 Å². The highest BCUT2D eigenvalue weighted by Gasteiger charge is 2.39. The summed E-state index contributed by atoms with van der Waals surface area (Å²) in [6.45, 7) is 4.65. The second-order valence-electron chi connectivity index (χ2n) is 7.28. The summed E-state index contributed by atoms with van der Waals surface area (Å²) < 4.78 is 32.7. The minimum absolute atomic E-state index is 0.0410. The number of carbonyl (C=O) groups is 1. The van der Waals surface area contributed by atoms with Crippen LogP contribution in [0.2, 0.25) is 0 Å². The Morgan fingerprint density at radius 1 is 1.36 bits per heavy atom. The summed E-state index contributed by atoms with van der Waals surface area (Å²) in [6, 6.07) is 4.34. The van der Waals surface area contributed by atoms with E-state index in [4.69, 9.17) is 10.5 Å². The van der Waals surface area contributed by atoms with Crippen molar-refractivity contribution in [1.82, 2.24) is 9.21 Å². The van der Waals surface area contributed by atoms with Gasteiger partial charge in [-0.2, -0.15) is 4.31 Å². The Balaban J connectivity index is 2.43. The second kappa shape index (κ2) is 6.93. The van der Waals surface area contributed by atoms with Gasteiger partial charge in [-0.15, -0.1) is 0 Å². The van der Waals surface area contributed by atoms with Crippen molar-refractivity contribution in [2.45, 2.75) is 31.2 Å². The van der Waals surface area contributed by atoms with E-state index in [1.165, 1.54) is 34.5 Å². The molecule has 0 spiro atoms. The van der Waals surface area contributed by atoms with Gasteiger partial charge in [0.1, 0.15) is 5.75 Å². The van der Waals surface area contributed by atoms with Gasteiger partial charge in [-0.3, -0.25) is 4.79 Å². The van der Waals surface area contributed by atoms with Crippen LogP contribution in [-0.4, -0.2) is 63.9 Å². The molecule has 2 rings (SSSR count). The van der Waals surface area contributed by atoms with E-state index in [9.17, 15) is 13.2 Å². The van der Waals surface area contributed by atoms with Gasteiger partial charge in [0.05, 0.1) is 17.6 Å². The second-order valence-corrected chi connectivity index (χ2v) is 9.22. The first-order valence-electron chi connectivity index (χ1n) is 8.16. The highest BCUT2D eigenvalue weighted by molar-refractivity contribution is 7.89. The molecule has 1 amide bonds. The van der Waals surface area contributed by atoms with E-state index >= 15 is 0 Å². The molecule has 1 fully saturated rings. The molecule has 1 heterocycles. The fraction of sp³-hybridized carbons (Fsp3) is 0.588. The van der Waals surface area contributed by atoms with Crippen molar-refractivity contribution >= 4 is 15.9 Å². The van der Waals surface area contributed by atoms with E-state index < -0.39 is 10.0 Å². The van der Waals surface area contributed by atoms with E-state index in [1.807, 2.05) is 13.8 Å². The van der Waals surface area contributed by atoms with Gasteiger partial charge in [-0.25, -0.2) is 8.42 Å². The fourth-order valence-corrected chi connectivity index (χ4v) is 4.59. The largest absolute Gasteiger partial charge is 0.496 e. The average Bonchev–Trinajstić information content (AvgIpc) is 2.55. The standard InChI is InChI=1S/C17H27N3O4S/c1-17(2)11-20(9-8-15(17)18)25(22,23)12-6-7-14(24-5)13(10-12)16(21)19(3)4/h6-7,10,15H,8-9,11,18H2,1-5H3. The molecule has 1 atom stereocenters. The lowest BCUT2D eigenvalue weighted by atomic mass is 9.81. The number of sulfonamides is 1. The third-order valence-corrected chi connectivity index (χ3v) is 6.56. The molecule has 1 aromatic rings. The summed E-state index contributed by atoms with van der Waals surface area (Å²) >= 11 is 0. The van der Waals surface area contributed by atoms with Crippen LogP contribution < -0.4 is 10.5 Å². The number of piperidine rings is 1. The Morgan fingerprint density at radius 3 is 2.52 bits per heavy atom. The molecule has 1 saturated heterocycles. The molecule has 1 aliphatic rings. The number of nitrogens with zero attached hydrogens (tertiary/aromatic N) is 2. The Morgan fingerprint density at radius 2 is 2.00 bits per heavy atom. The predicted octanol–water partition coefficient (Wildman–Crippen LogP) is 1.14. The molecule has 0 aliphatic carbocycles. The first-order valence-corrected chi connectivity index (χ1v) is 9.60. The Labute approximate surface area is 149 Å². The summed E-state index contributed by atoms with van der Waals surface area (Å²) in [7, 11) is 0.954. The van der Waals surface area contributed by atoms with E-state index in [1.54, 1.807) is 14.1 Å². The van der Waals surface area contributed by atoms with Crippen LogP contribution >= 0.6 is 0 Å². The summed E-state index contributed by atoms with van der Waals surface area (Å²) in [6.07, 6.45) is 0.603. The summed E-state index contributed by atoms with van der Waals surface area (Å²) in [5.74, 6) is 0.0357. The number of carbonyl (C=O) groups excluding carboxylic acids is 1. The molecule has 0 aromatic heterocycles. The van der Waals surface area contributed by atoms with Crippen LogP contribution in [-0.2, 0) is 10.0 Å². The number of nitrogens with two attached hydrogens (primary N) is 1. The topological polar surface area (TPSA) is 92.9 Å². The Kier molecular flexibility index (Phi) is 5.46. The first-order chi connectivity index (χ1) is 11.5. The number of amides is 1. The zero-order valence-electron chi connectivity index (χ0n) is 15.4. The molecule has 7 nitrogen and oxygen atoms in total. The maximum Gasteiger partial charge on any atom is 0.257 e. The Hall–Kier alpha value is -1.64. The Bertz CT molecular complexity index is 759. The average molecular weight is 369 g/mol. The van der Waals surface area contributed by atoms with E-state index in [-0.39, 0.29) is 27.8 Å². The van der Waals surface area contributed by atoms with Gasteiger partial charge in [0, 0.05) is 33.2 Å². The molecule has 0 radical (unpaired) electrons. The SMILES string of the molecule is COc1ccc(S(=O)(=O)N2CCC(N)C(C)(C)C2)cc1C(=O)N(C)C. The van der Waals surface area contributed by atoms with Crippen molar-refractivity contribution in [2.24, 2.45) is 11.1 Å². The lowest BCUT2D eigenvalue weighted by molar-refractivity contribution is 0.0824. The van der Waals surface area contributed by atoms with Gasteiger partial charge in [0.25, 0.3) is 5.91 Å². The van der Waals surface area contributed by atoms with Gasteiger partial charge in [-0.05, 0) is 30.0 Å². The monoisotopic (exact) mass is 369 g/mol. The lowest BCUT2D eigenvalue weighted by Gasteiger charge is -2.41. The number of hydrogen-bond acceptors (Lipinski definition) is 5. The van der Waals surface area contributed by atoms with Crippen LogP contribution in [0, 0.1) is 5.41 Å². The molecule has 8 heteroatoms. The number of hydrogen-bond donors (Lipinski definition) is 1. The molecule has 1 unspecified atom stereocenters. The molecular formula is C17H27N3O4S. The van der Waals surface area contributed by atoms with Crippen molar-refractivity contribution < 1.29 is 17.9 Å². The quantitative estimate of drug-likeness (QED) is 0.859. The first kappa shape index (κ1) is 19.7. The van der Waals surface area contributed by atoms with Gasteiger partial charge in [-0.1, -0.05) is 13.8 Å². The number of rotatable bonds is 4. The van der Waals surface area contributed by atoms with Crippen molar-refractivity contribution in [3.8, 4) is 5.75 Å². The van der Waals surface area contributed by atoms with E-state index in [0.717, 1.165) is 0 Å². The summed E-state index contributed by atoms with van der Waals surface area (Å²) in [5.41, 5.74) is 6.02. The van der Waals surface area contributed by atoms with Crippen molar-refractivity contribution in [3.05, 3.63) is 23.8 Å². The zero-order valence-corrected chi connectivity index (χ0v) is 16.3. The fourth-order valence-electron chi connectivity index (χ4n) is 2.93. The highest BCUT2D eigenvalue weighted by Crippen LogP contribution is 2.32. The van der Waals surface area contributed by atoms with Crippen LogP contribution in [0.4, 0.5) is 0 Å². The van der Waals surface area contributed by atoms with Crippen LogP contribution in [0.1, 0.15) is 30.6 Å². The van der Waals surface area contributed by atoms with E-state index in [0.29, 0.717) is 25.3 Å².